The summed E-state index contributed by atoms with van der Waals surface area (Å²) in [5.74, 6) is 1.91. The van der Waals surface area contributed by atoms with Gasteiger partial charge in [-0.3, -0.25) is 0 Å². The van der Waals surface area contributed by atoms with E-state index in [1.807, 2.05) is 0 Å². The molecule has 9 aromatic carbocycles. The van der Waals surface area contributed by atoms with Gasteiger partial charge >= 0.3 is 0 Å². The van der Waals surface area contributed by atoms with Crippen molar-refractivity contribution in [3.8, 4) is 33.8 Å². The van der Waals surface area contributed by atoms with Crippen LogP contribution in [-0.2, 0) is 16.2 Å². The Morgan fingerprint density at radius 2 is 1.02 bits per heavy atom. The van der Waals surface area contributed by atoms with Gasteiger partial charge in [-0.25, -0.2) is 0 Å². The van der Waals surface area contributed by atoms with E-state index < -0.39 is 5.41 Å². The van der Waals surface area contributed by atoms with Gasteiger partial charge in [0, 0.05) is 49.7 Å². The molecule has 310 valence electrons. The molecule has 65 heavy (non-hydrogen) atoms. The van der Waals surface area contributed by atoms with Gasteiger partial charge < -0.3 is 9.64 Å². The summed E-state index contributed by atoms with van der Waals surface area (Å²) in [7, 11) is 0. The highest BCUT2D eigenvalue weighted by Gasteiger charge is 2.53. The van der Waals surface area contributed by atoms with Crippen molar-refractivity contribution in [3.05, 3.63) is 244 Å². The maximum Gasteiger partial charge on any atom is 0.140 e. The predicted molar refractivity (Wildman–Crippen MR) is 269 cm³/mol. The second-order valence-corrected chi connectivity index (χ2v) is 19.9. The molecule has 4 aliphatic carbocycles. The van der Waals surface area contributed by atoms with Crippen LogP contribution >= 0.6 is 0 Å². The number of hydrogen-bond acceptors (Lipinski definition) is 2. The molecule has 0 bridgehead atoms. The Bertz CT molecular complexity index is 3550. The van der Waals surface area contributed by atoms with Crippen molar-refractivity contribution in [1.29, 1.82) is 0 Å². The zero-order valence-electron chi connectivity index (χ0n) is 37.1. The topological polar surface area (TPSA) is 12.5 Å². The van der Waals surface area contributed by atoms with Crippen molar-refractivity contribution in [2.24, 2.45) is 0 Å². The fourth-order valence-electron chi connectivity index (χ4n) is 13.1. The first kappa shape index (κ1) is 37.0. The monoisotopic (exact) mass is 833 g/mol. The molecule has 0 radical (unpaired) electrons. The highest BCUT2D eigenvalue weighted by Crippen LogP contribution is 2.65. The van der Waals surface area contributed by atoms with Crippen molar-refractivity contribution in [3.63, 3.8) is 0 Å². The normalized spacial score (nSPS) is 18.0. The lowest BCUT2D eigenvalue weighted by molar-refractivity contribution is 0.446. The van der Waals surface area contributed by atoms with Crippen LogP contribution in [0.1, 0.15) is 78.6 Å². The molecule has 0 aromatic heterocycles. The summed E-state index contributed by atoms with van der Waals surface area (Å²) in [6.45, 7) is 9.58. The Balaban J connectivity index is 1.01. The molecular weight excluding hydrogens is 787 g/mol. The third-order valence-corrected chi connectivity index (χ3v) is 16.1. The van der Waals surface area contributed by atoms with E-state index in [4.69, 9.17) is 4.74 Å². The van der Waals surface area contributed by atoms with Crippen LogP contribution in [-0.4, -0.2) is 6.04 Å². The highest BCUT2D eigenvalue weighted by atomic mass is 16.5. The average molecular weight is 834 g/mol. The molecule has 0 amide bonds. The van der Waals surface area contributed by atoms with Gasteiger partial charge in [0.2, 0.25) is 0 Å². The van der Waals surface area contributed by atoms with Crippen LogP contribution in [0.25, 0.3) is 49.4 Å². The fraction of sp³-hybridized carbons (Fsp3) is 0.143. The minimum absolute atomic E-state index is 0.0243. The molecule has 0 N–H and O–H groups in total. The maximum atomic E-state index is 7.27. The van der Waals surface area contributed by atoms with E-state index >= 15 is 0 Å². The lowest BCUT2D eigenvalue weighted by Crippen LogP contribution is -2.35. The first-order valence-electron chi connectivity index (χ1n) is 23.3. The molecule has 0 fully saturated rings. The Labute approximate surface area is 380 Å². The highest BCUT2D eigenvalue weighted by molar-refractivity contribution is 6.01. The Hall–Kier alpha value is -7.42. The second-order valence-electron chi connectivity index (χ2n) is 19.9. The Morgan fingerprint density at radius 3 is 1.72 bits per heavy atom. The number of allylic oxidation sites excluding steroid dienone is 2. The second kappa shape index (κ2) is 12.9. The molecule has 1 spiro atoms. The van der Waals surface area contributed by atoms with E-state index in [0.29, 0.717) is 0 Å². The molecule has 1 atom stereocenters. The number of hydrogen-bond donors (Lipinski definition) is 0. The largest absolute Gasteiger partial charge is 0.455 e. The number of rotatable bonds is 3. The van der Waals surface area contributed by atoms with Crippen molar-refractivity contribution < 1.29 is 4.74 Å². The molecule has 2 heteroatoms. The summed E-state index contributed by atoms with van der Waals surface area (Å²) >= 11 is 0. The van der Waals surface area contributed by atoms with Gasteiger partial charge in [0.25, 0.3) is 0 Å². The van der Waals surface area contributed by atoms with E-state index in [1.54, 1.807) is 0 Å². The van der Waals surface area contributed by atoms with Crippen LogP contribution in [0, 0.1) is 0 Å². The number of anilines is 2. The van der Waals surface area contributed by atoms with E-state index in [9.17, 15) is 0 Å². The van der Waals surface area contributed by atoms with Gasteiger partial charge in [-0.15, -0.1) is 0 Å². The quantitative estimate of drug-likeness (QED) is 0.176. The van der Waals surface area contributed by atoms with Gasteiger partial charge in [0.1, 0.15) is 11.5 Å². The maximum absolute atomic E-state index is 7.27. The summed E-state index contributed by atoms with van der Waals surface area (Å²) < 4.78 is 7.27. The fourth-order valence-corrected chi connectivity index (χ4v) is 13.1. The summed E-state index contributed by atoms with van der Waals surface area (Å²) in [6.07, 6.45) is 5.88. The molecule has 5 aliphatic rings. The van der Waals surface area contributed by atoms with Crippen LogP contribution in [0.15, 0.2) is 200 Å². The van der Waals surface area contributed by atoms with Crippen LogP contribution in [0.2, 0.25) is 0 Å². The summed E-state index contributed by atoms with van der Waals surface area (Å²) in [4.78, 5) is 2.69. The summed E-state index contributed by atoms with van der Waals surface area (Å²) in [5.41, 5.74) is 20.4. The Kier molecular flexibility index (Phi) is 7.32. The van der Waals surface area contributed by atoms with Crippen LogP contribution in [0.3, 0.4) is 0 Å². The van der Waals surface area contributed by atoms with Gasteiger partial charge in [-0.1, -0.05) is 204 Å². The third-order valence-electron chi connectivity index (χ3n) is 16.1. The molecule has 2 nitrogen and oxygen atoms in total. The molecule has 0 saturated carbocycles. The minimum atomic E-state index is -0.574. The van der Waals surface area contributed by atoms with Crippen molar-refractivity contribution in [2.45, 2.75) is 56.4 Å². The first-order valence-corrected chi connectivity index (χ1v) is 23.3. The third kappa shape index (κ3) is 4.69. The van der Waals surface area contributed by atoms with Crippen molar-refractivity contribution in [2.75, 3.05) is 4.90 Å². The average Bonchev–Trinajstić information content (AvgIpc) is 3.86. The minimum Gasteiger partial charge on any atom is -0.455 e. The summed E-state index contributed by atoms with van der Waals surface area (Å²) in [6, 6.07) is 68.4. The number of fused-ring (bicyclic) bond motifs is 18. The van der Waals surface area contributed by atoms with Crippen molar-refractivity contribution in [1.82, 2.24) is 0 Å². The number of benzene rings is 9. The lowest BCUT2D eigenvalue weighted by atomic mass is 9.64. The molecule has 9 aromatic rings. The predicted octanol–water partition coefficient (Wildman–Crippen LogP) is 16.0. The van der Waals surface area contributed by atoms with Gasteiger partial charge in [-0.2, -0.15) is 0 Å². The Morgan fingerprint density at radius 1 is 0.462 bits per heavy atom. The van der Waals surface area contributed by atoms with Gasteiger partial charge in [0.05, 0.1) is 11.5 Å². The van der Waals surface area contributed by atoms with Crippen LogP contribution < -0.4 is 9.64 Å². The van der Waals surface area contributed by atoms with E-state index in [-0.39, 0.29) is 16.9 Å². The molecule has 14 rings (SSSR count). The standard InChI is InChI=1S/C63H47NO/c1-61(2)50-24-13-11-22-47(50)58-53(61)26-15-27-57(58)64(41-30-32-46-44-20-9-12-23-49(44)62(3,4)56(46)37-41)40-31-35-52-48(36-40)45-21-10-14-25-51(45)63(52)54-33-28-38-16-5-7-18-42(38)59(54)65-60-43-19-8-6-17-39(43)29-34-55(60)63/h5-35,37,40H,36H2,1-4H3. The number of nitrogens with zero attached hydrogens (tertiary/aromatic N) is 1. The SMILES string of the molecule is CC1(C)c2ccccc2-c2ccc(N(c3cccc4c3-c3ccccc3C4(C)C)C3C=CC4=C(C3)c3ccccc3C43c4ccc5ccccc5c4Oc4c3ccc3ccccc43)cc21. The van der Waals surface area contributed by atoms with Gasteiger partial charge in [0.15, 0.2) is 0 Å². The van der Waals surface area contributed by atoms with Gasteiger partial charge in [-0.05, 0) is 96.6 Å². The van der Waals surface area contributed by atoms with Crippen LogP contribution in [0.4, 0.5) is 11.4 Å². The first-order chi connectivity index (χ1) is 31.8. The van der Waals surface area contributed by atoms with Crippen LogP contribution in [0.5, 0.6) is 11.5 Å². The number of ether oxygens (including phenoxy) is 1. The molecule has 1 aliphatic heterocycles. The van der Waals surface area contributed by atoms with Crippen molar-refractivity contribution >= 4 is 38.5 Å². The zero-order valence-corrected chi connectivity index (χ0v) is 37.1. The zero-order chi connectivity index (χ0) is 43.4. The lowest BCUT2D eigenvalue weighted by Gasteiger charge is -2.42. The molecule has 1 heterocycles. The summed E-state index contributed by atoms with van der Waals surface area (Å²) in [5, 5.41) is 4.64. The molecule has 0 saturated heterocycles. The molecule has 1 unspecified atom stereocenters. The smallest absolute Gasteiger partial charge is 0.140 e. The van der Waals surface area contributed by atoms with E-state index in [2.05, 4.69) is 227 Å². The molecular formula is C63H47NO. The van der Waals surface area contributed by atoms with E-state index in [0.717, 1.165) is 28.7 Å². The van der Waals surface area contributed by atoms with E-state index in [1.165, 1.54) is 100 Å².